The van der Waals surface area contributed by atoms with Crippen LogP contribution in [-0.2, 0) is 15.6 Å². The van der Waals surface area contributed by atoms with Crippen molar-refractivity contribution in [1.82, 2.24) is 9.78 Å². The summed E-state index contributed by atoms with van der Waals surface area (Å²) in [5.41, 5.74) is 1.75. The molecule has 0 fully saturated rings. The Bertz CT molecular complexity index is 1210. The van der Waals surface area contributed by atoms with E-state index in [1.54, 1.807) is 35.9 Å². The number of carbonyl (C=O) groups is 1. The molecule has 0 aliphatic rings. The lowest BCUT2D eigenvalue weighted by atomic mass is 10.0. The summed E-state index contributed by atoms with van der Waals surface area (Å²) in [4.78, 5) is 13.0. The lowest BCUT2D eigenvalue weighted by Gasteiger charge is -2.23. The Kier molecular flexibility index (Phi) is 5.53. The van der Waals surface area contributed by atoms with Crippen LogP contribution in [0.15, 0.2) is 53.6 Å². The highest BCUT2D eigenvalue weighted by atomic mass is 32.2. The Morgan fingerprint density at radius 3 is 2.33 bits per heavy atom. The van der Waals surface area contributed by atoms with E-state index in [-0.39, 0.29) is 22.0 Å². The molecule has 158 valence electrons. The van der Waals surface area contributed by atoms with E-state index in [2.05, 4.69) is 10.4 Å². The summed E-state index contributed by atoms with van der Waals surface area (Å²) in [6.45, 7) is 7.43. The number of hydrogen-bond acceptors (Lipinski definition) is 4. The summed E-state index contributed by atoms with van der Waals surface area (Å²) in [6.07, 6.45) is 1.44. The van der Waals surface area contributed by atoms with Gasteiger partial charge in [0.1, 0.15) is 5.82 Å². The topological polar surface area (TPSA) is 107 Å². The fourth-order valence-electron chi connectivity index (χ4n) is 3.09. The number of halogens is 1. The number of benzene rings is 2. The SMILES string of the molecule is Cc1ccc(NC(=O)c2cnn(C(C)(C)C)c2-c2ccc(F)cc2)cc1S(N)(=O)=O. The highest BCUT2D eigenvalue weighted by molar-refractivity contribution is 7.89. The Labute approximate surface area is 174 Å². The number of aromatic nitrogens is 2. The van der Waals surface area contributed by atoms with Gasteiger partial charge in [0.15, 0.2) is 0 Å². The van der Waals surface area contributed by atoms with Crippen molar-refractivity contribution in [3.05, 3.63) is 65.6 Å². The molecule has 9 heteroatoms. The minimum atomic E-state index is -3.93. The molecule has 3 rings (SSSR count). The van der Waals surface area contributed by atoms with Gasteiger partial charge in [0.2, 0.25) is 10.0 Å². The smallest absolute Gasteiger partial charge is 0.259 e. The number of nitrogens with one attached hydrogen (secondary N) is 1. The number of carbonyl (C=O) groups excluding carboxylic acids is 1. The molecule has 0 spiro atoms. The lowest BCUT2D eigenvalue weighted by Crippen LogP contribution is -2.24. The third kappa shape index (κ3) is 4.42. The molecule has 3 aromatic rings. The number of aryl methyl sites for hydroxylation is 1. The van der Waals surface area contributed by atoms with E-state index in [0.29, 0.717) is 16.8 Å². The molecule has 7 nitrogen and oxygen atoms in total. The molecule has 2 aromatic carbocycles. The number of anilines is 1. The monoisotopic (exact) mass is 430 g/mol. The Balaban J connectivity index is 2.05. The Morgan fingerprint density at radius 1 is 1.13 bits per heavy atom. The van der Waals surface area contributed by atoms with E-state index < -0.39 is 21.5 Å². The van der Waals surface area contributed by atoms with Crippen LogP contribution in [0.2, 0.25) is 0 Å². The summed E-state index contributed by atoms with van der Waals surface area (Å²) < 4.78 is 38.6. The van der Waals surface area contributed by atoms with Crippen LogP contribution in [0.5, 0.6) is 0 Å². The van der Waals surface area contributed by atoms with Crippen molar-refractivity contribution in [3.8, 4) is 11.3 Å². The molecule has 0 saturated heterocycles. The molecule has 1 aromatic heterocycles. The maximum atomic E-state index is 13.4. The second kappa shape index (κ2) is 7.66. The Morgan fingerprint density at radius 2 is 1.77 bits per heavy atom. The zero-order valence-corrected chi connectivity index (χ0v) is 17.9. The van der Waals surface area contributed by atoms with Gasteiger partial charge in [0.25, 0.3) is 5.91 Å². The summed E-state index contributed by atoms with van der Waals surface area (Å²) in [6, 6.07) is 10.3. The predicted octanol–water partition coefficient (Wildman–Crippen LogP) is 3.65. The molecular weight excluding hydrogens is 407 g/mol. The third-order valence-corrected chi connectivity index (χ3v) is 5.57. The quantitative estimate of drug-likeness (QED) is 0.659. The summed E-state index contributed by atoms with van der Waals surface area (Å²) in [5, 5.41) is 12.3. The number of sulfonamides is 1. The minimum Gasteiger partial charge on any atom is -0.322 e. The van der Waals surface area contributed by atoms with Gasteiger partial charge in [-0.05, 0) is 69.7 Å². The van der Waals surface area contributed by atoms with Gasteiger partial charge in [-0.15, -0.1) is 0 Å². The molecule has 0 bridgehead atoms. The molecule has 0 radical (unpaired) electrons. The lowest BCUT2D eigenvalue weighted by molar-refractivity contribution is 0.102. The first kappa shape index (κ1) is 21.7. The van der Waals surface area contributed by atoms with Gasteiger partial charge >= 0.3 is 0 Å². The zero-order valence-electron chi connectivity index (χ0n) is 17.1. The van der Waals surface area contributed by atoms with Crippen LogP contribution in [0.4, 0.5) is 10.1 Å². The van der Waals surface area contributed by atoms with Gasteiger partial charge < -0.3 is 5.32 Å². The maximum absolute atomic E-state index is 13.4. The van der Waals surface area contributed by atoms with E-state index in [1.165, 1.54) is 24.4 Å². The third-order valence-electron chi connectivity index (χ3n) is 4.52. The van der Waals surface area contributed by atoms with Crippen LogP contribution in [0.1, 0.15) is 36.7 Å². The van der Waals surface area contributed by atoms with Crippen LogP contribution in [0.3, 0.4) is 0 Å². The van der Waals surface area contributed by atoms with Crippen molar-refractivity contribution in [1.29, 1.82) is 0 Å². The molecule has 1 amide bonds. The molecular formula is C21H23FN4O3S. The Hall–Kier alpha value is -3.04. The van der Waals surface area contributed by atoms with Crippen LogP contribution in [0, 0.1) is 12.7 Å². The first-order valence-corrected chi connectivity index (χ1v) is 10.7. The van der Waals surface area contributed by atoms with Gasteiger partial charge in [-0.3, -0.25) is 9.48 Å². The zero-order chi connectivity index (χ0) is 22.3. The number of nitrogens with zero attached hydrogens (tertiary/aromatic N) is 2. The number of hydrogen-bond donors (Lipinski definition) is 2. The second-order valence-electron chi connectivity index (χ2n) is 7.98. The van der Waals surface area contributed by atoms with Crippen molar-refractivity contribution in [2.75, 3.05) is 5.32 Å². The molecule has 0 atom stereocenters. The van der Waals surface area contributed by atoms with Gasteiger partial charge in [0, 0.05) is 11.3 Å². The average molecular weight is 431 g/mol. The highest BCUT2D eigenvalue weighted by Gasteiger charge is 2.25. The fourth-order valence-corrected chi connectivity index (χ4v) is 3.90. The molecule has 0 aliphatic heterocycles. The number of amides is 1. The van der Waals surface area contributed by atoms with Crippen LogP contribution >= 0.6 is 0 Å². The van der Waals surface area contributed by atoms with Crippen molar-refractivity contribution in [2.45, 2.75) is 38.1 Å². The summed E-state index contributed by atoms with van der Waals surface area (Å²) in [5.74, 6) is -0.865. The maximum Gasteiger partial charge on any atom is 0.259 e. The molecule has 30 heavy (non-hydrogen) atoms. The summed E-state index contributed by atoms with van der Waals surface area (Å²) in [7, 11) is -3.93. The first-order valence-electron chi connectivity index (χ1n) is 9.17. The van der Waals surface area contributed by atoms with Gasteiger partial charge in [-0.1, -0.05) is 6.07 Å². The van der Waals surface area contributed by atoms with Crippen molar-refractivity contribution < 1.29 is 17.6 Å². The number of nitrogens with two attached hydrogens (primary N) is 1. The van der Waals surface area contributed by atoms with Crippen LogP contribution < -0.4 is 10.5 Å². The van der Waals surface area contributed by atoms with Crippen LogP contribution in [-0.4, -0.2) is 24.1 Å². The predicted molar refractivity (Wildman–Crippen MR) is 113 cm³/mol. The number of primary sulfonamides is 1. The van der Waals surface area contributed by atoms with E-state index >= 15 is 0 Å². The van der Waals surface area contributed by atoms with Crippen molar-refractivity contribution in [3.63, 3.8) is 0 Å². The van der Waals surface area contributed by atoms with Gasteiger partial charge in [0.05, 0.1) is 27.9 Å². The standard InChI is InChI=1S/C21H23FN4O3S/c1-13-5-10-16(11-18(13)30(23,28)29)25-20(27)17-12-24-26(21(2,3)4)19(17)14-6-8-15(22)9-7-14/h5-12H,1-4H3,(H,25,27)(H2,23,28,29). The van der Waals surface area contributed by atoms with E-state index in [1.807, 2.05) is 20.8 Å². The summed E-state index contributed by atoms with van der Waals surface area (Å²) >= 11 is 0. The van der Waals surface area contributed by atoms with E-state index in [9.17, 15) is 17.6 Å². The normalized spacial score (nSPS) is 12.1. The molecule has 0 saturated carbocycles. The van der Waals surface area contributed by atoms with Gasteiger partial charge in [-0.25, -0.2) is 17.9 Å². The largest absolute Gasteiger partial charge is 0.322 e. The highest BCUT2D eigenvalue weighted by Crippen LogP contribution is 2.30. The van der Waals surface area contributed by atoms with E-state index in [4.69, 9.17) is 5.14 Å². The van der Waals surface area contributed by atoms with Crippen molar-refractivity contribution in [2.24, 2.45) is 5.14 Å². The molecule has 0 unspecified atom stereocenters. The number of rotatable bonds is 4. The first-order chi connectivity index (χ1) is 13.9. The van der Waals surface area contributed by atoms with E-state index in [0.717, 1.165) is 0 Å². The average Bonchev–Trinajstić information content (AvgIpc) is 3.08. The van der Waals surface area contributed by atoms with Gasteiger partial charge in [-0.2, -0.15) is 5.10 Å². The second-order valence-corrected chi connectivity index (χ2v) is 9.51. The fraction of sp³-hybridized carbons (Fsp3) is 0.238. The molecule has 1 heterocycles. The molecule has 3 N–H and O–H groups in total. The van der Waals surface area contributed by atoms with Crippen molar-refractivity contribution >= 4 is 21.6 Å². The van der Waals surface area contributed by atoms with Crippen LogP contribution in [0.25, 0.3) is 11.3 Å². The minimum absolute atomic E-state index is 0.0653. The molecule has 0 aliphatic carbocycles.